The van der Waals surface area contributed by atoms with Gasteiger partial charge in [-0.05, 0) is 37.6 Å². The van der Waals surface area contributed by atoms with Gasteiger partial charge in [0, 0.05) is 12.6 Å². The number of nitrogens with zero attached hydrogens (tertiary/aromatic N) is 4. The van der Waals surface area contributed by atoms with Crippen molar-refractivity contribution in [1.82, 2.24) is 14.8 Å². The number of carbonyl (C=O) groups excluding carboxylic acids is 1. The summed E-state index contributed by atoms with van der Waals surface area (Å²) < 4.78 is 14.0. The normalized spacial score (nSPS) is 15.6. The molecule has 0 spiro atoms. The van der Waals surface area contributed by atoms with Gasteiger partial charge in [0.25, 0.3) is 0 Å². The van der Waals surface area contributed by atoms with Crippen molar-refractivity contribution in [2.75, 3.05) is 0 Å². The van der Waals surface area contributed by atoms with Crippen LogP contribution in [0.3, 0.4) is 0 Å². The van der Waals surface area contributed by atoms with Crippen LogP contribution in [-0.2, 0) is 22.7 Å². The number of hydrogen-bond donors (Lipinski definition) is 0. The highest BCUT2D eigenvalue weighted by Crippen LogP contribution is 2.35. The second-order valence-corrected chi connectivity index (χ2v) is 7.22. The molecular formula is C23H24N4O3. The average Bonchev–Trinajstić information content (AvgIpc) is 3.30. The number of hydrogen-bond acceptors (Lipinski definition) is 5. The van der Waals surface area contributed by atoms with Crippen LogP contribution in [0.5, 0.6) is 5.75 Å². The van der Waals surface area contributed by atoms with E-state index < -0.39 is 6.23 Å². The van der Waals surface area contributed by atoms with Crippen LogP contribution in [0.25, 0.3) is 0 Å². The number of aromatic nitrogens is 2. The quantitative estimate of drug-likeness (QED) is 0.623. The zero-order valence-corrected chi connectivity index (χ0v) is 17.3. The summed E-state index contributed by atoms with van der Waals surface area (Å²) in [6.45, 7) is 6.16. The van der Waals surface area contributed by atoms with Crippen molar-refractivity contribution >= 4 is 11.8 Å². The Hall–Kier alpha value is -3.61. The van der Waals surface area contributed by atoms with Gasteiger partial charge in [0.1, 0.15) is 18.9 Å². The minimum absolute atomic E-state index is 0.207. The fraction of sp³-hybridized carbons (Fsp3) is 0.261. The molecule has 1 atom stereocenters. The van der Waals surface area contributed by atoms with Crippen LogP contribution in [0.1, 0.15) is 35.7 Å². The van der Waals surface area contributed by atoms with Crippen LogP contribution < -0.4 is 4.74 Å². The molecule has 3 aromatic rings. The number of amides is 1. The Labute approximate surface area is 175 Å². The number of ether oxygens (including phenoxy) is 2. The lowest BCUT2D eigenvalue weighted by Gasteiger charge is -2.22. The van der Waals surface area contributed by atoms with E-state index in [0.29, 0.717) is 24.8 Å². The molecule has 0 unspecified atom stereocenters. The lowest BCUT2D eigenvalue weighted by molar-refractivity contribution is -0.135. The molecule has 7 nitrogen and oxygen atoms in total. The molecule has 154 valence electrons. The first-order valence-corrected chi connectivity index (χ1v) is 9.82. The standard InChI is InChI=1S/C23H24N4O3/c1-16-13-17(2)26(24-16)14-22-25-27(18(3)28)23(30-22)20-11-7-8-12-21(20)29-15-19-9-5-4-6-10-19/h4-13,23H,14-15H2,1-3H3/t23-/m1/s1. The molecule has 7 heteroatoms. The van der Waals surface area contributed by atoms with Crippen LogP contribution in [0.2, 0.25) is 0 Å². The molecule has 1 aliphatic heterocycles. The first-order chi connectivity index (χ1) is 14.5. The second kappa shape index (κ2) is 8.41. The molecule has 1 amide bonds. The van der Waals surface area contributed by atoms with Gasteiger partial charge in [0.2, 0.25) is 18.0 Å². The predicted molar refractivity (Wildman–Crippen MR) is 113 cm³/mol. The Bertz CT molecular complexity index is 1080. The van der Waals surface area contributed by atoms with Gasteiger partial charge in [-0.2, -0.15) is 10.1 Å². The molecule has 0 saturated heterocycles. The van der Waals surface area contributed by atoms with E-state index in [0.717, 1.165) is 22.5 Å². The predicted octanol–water partition coefficient (Wildman–Crippen LogP) is 3.97. The summed E-state index contributed by atoms with van der Waals surface area (Å²) in [7, 11) is 0. The first kappa shape index (κ1) is 19.7. The monoisotopic (exact) mass is 404 g/mol. The highest BCUT2D eigenvalue weighted by Gasteiger charge is 2.34. The highest BCUT2D eigenvalue weighted by atomic mass is 16.5. The maximum atomic E-state index is 12.3. The molecule has 4 rings (SSSR count). The minimum atomic E-state index is -0.679. The third-order valence-electron chi connectivity index (χ3n) is 4.82. The highest BCUT2D eigenvalue weighted by molar-refractivity contribution is 5.82. The van der Waals surface area contributed by atoms with E-state index in [1.54, 1.807) is 0 Å². The lowest BCUT2D eigenvalue weighted by Crippen LogP contribution is -2.25. The van der Waals surface area contributed by atoms with E-state index in [1.807, 2.05) is 79.2 Å². The van der Waals surface area contributed by atoms with Gasteiger partial charge in [0.05, 0.1) is 11.3 Å². The van der Waals surface area contributed by atoms with E-state index in [9.17, 15) is 4.79 Å². The summed E-state index contributed by atoms with van der Waals surface area (Å²) in [4.78, 5) is 12.3. The Morgan fingerprint density at radius 1 is 1.10 bits per heavy atom. The molecule has 30 heavy (non-hydrogen) atoms. The summed E-state index contributed by atoms with van der Waals surface area (Å²) in [5, 5.41) is 10.2. The molecule has 0 bridgehead atoms. The van der Waals surface area contributed by atoms with E-state index >= 15 is 0 Å². The maximum Gasteiger partial charge on any atom is 0.243 e. The molecule has 0 saturated carbocycles. The number of rotatable bonds is 6. The van der Waals surface area contributed by atoms with E-state index in [2.05, 4.69) is 10.2 Å². The number of benzene rings is 2. The average molecular weight is 404 g/mol. The number of hydrazone groups is 1. The third-order valence-corrected chi connectivity index (χ3v) is 4.82. The van der Waals surface area contributed by atoms with Gasteiger partial charge in [-0.25, -0.2) is 0 Å². The molecule has 2 aromatic carbocycles. The first-order valence-electron chi connectivity index (χ1n) is 9.82. The summed E-state index contributed by atoms with van der Waals surface area (Å²) in [5.74, 6) is 0.876. The van der Waals surface area contributed by atoms with Gasteiger partial charge in [-0.1, -0.05) is 42.5 Å². The summed E-state index contributed by atoms with van der Waals surface area (Å²) in [6.07, 6.45) is -0.679. The Morgan fingerprint density at radius 3 is 2.53 bits per heavy atom. The van der Waals surface area contributed by atoms with Crippen molar-refractivity contribution in [3.63, 3.8) is 0 Å². The van der Waals surface area contributed by atoms with E-state index in [4.69, 9.17) is 9.47 Å². The van der Waals surface area contributed by atoms with Crippen LogP contribution in [0, 0.1) is 13.8 Å². The second-order valence-electron chi connectivity index (χ2n) is 7.22. The van der Waals surface area contributed by atoms with Crippen molar-refractivity contribution in [2.24, 2.45) is 5.10 Å². The van der Waals surface area contributed by atoms with Gasteiger partial charge < -0.3 is 9.47 Å². The van der Waals surface area contributed by atoms with E-state index in [-0.39, 0.29) is 5.91 Å². The molecule has 1 aromatic heterocycles. The SMILES string of the molecule is CC(=O)N1N=C(Cn2nc(C)cc2C)O[C@@H]1c1ccccc1OCc1ccccc1. The summed E-state index contributed by atoms with van der Waals surface area (Å²) in [6, 6.07) is 19.5. The zero-order valence-electron chi connectivity index (χ0n) is 17.3. The van der Waals surface area contributed by atoms with Gasteiger partial charge >= 0.3 is 0 Å². The van der Waals surface area contributed by atoms with Crippen LogP contribution >= 0.6 is 0 Å². The molecule has 2 heterocycles. The molecule has 0 N–H and O–H groups in total. The van der Waals surface area contributed by atoms with Crippen LogP contribution in [0.4, 0.5) is 0 Å². The summed E-state index contributed by atoms with van der Waals surface area (Å²) in [5.41, 5.74) is 3.73. The minimum Gasteiger partial charge on any atom is -0.488 e. The number of para-hydroxylation sites is 1. The van der Waals surface area contributed by atoms with Crippen LogP contribution in [0.15, 0.2) is 65.8 Å². The van der Waals surface area contributed by atoms with Gasteiger partial charge in [-0.15, -0.1) is 5.10 Å². The third kappa shape index (κ3) is 4.20. The molecular weight excluding hydrogens is 380 g/mol. The number of aryl methyl sites for hydroxylation is 2. The fourth-order valence-corrected chi connectivity index (χ4v) is 3.39. The zero-order chi connectivity index (χ0) is 21.1. The maximum absolute atomic E-state index is 12.3. The van der Waals surface area contributed by atoms with Crippen molar-refractivity contribution < 1.29 is 14.3 Å². The van der Waals surface area contributed by atoms with E-state index in [1.165, 1.54) is 11.9 Å². The molecule has 1 aliphatic rings. The Balaban J connectivity index is 1.56. The smallest absolute Gasteiger partial charge is 0.243 e. The fourth-order valence-electron chi connectivity index (χ4n) is 3.39. The van der Waals surface area contributed by atoms with Gasteiger partial charge in [-0.3, -0.25) is 9.48 Å². The van der Waals surface area contributed by atoms with Crippen LogP contribution in [-0.4, -0.2) is 26.6 Å². The topological polar surface area (TPSA) is 69.0 Å². The lowest BCUT2D eigenvalue weighted by atomic mass is 10.1. The van der Waals surface area contributed by atoms with Crippen molar-refractivity contribution in [3.05, 3.63) is 83.2 Å². The van der Waals surface area contributed by atoms with Crippen molar-refractivity contribution in [2.45, 2.75) is 40.2 Å². The summed E-state index contributed by atoms with van der Waals surface area (Å²) >= 11 is 0. The molecule has 0 radical (unpaired) electrons. The molecule has 0 aliphatic carbocycles. The van der Waals surface area contributed by atoms with Crippen molar-refractivity contribution in [1.29, 1.82) is 0 Å². The number of carbonyl (C=O) groups is 1. The largest absolute Gasteiger partial charge is 0.488 e. The molecule has 0 fully saturated rings. The Morgan fingerprint density at radius 2 is 1.83 bits per heavy atom. The van der Waals surface area contributed by atoms with Crippen molar-refractivity contribution in [3.8, 4) is 5.75 Å². The van der Waals surface area contributed by atoms with Gasteiger partial charge in [0.15, 0.2) is 0 Å². The Kier molecular flexibility index (Phi) is 5.52.